The lowest BCUT2D eigenvalue weighted by Crippen LogP contribution is -2.59. The van der Waals surface area contributed by atoms with Crippen LogP contribution in [0.5, 0.6) is 0 Å². The van der Waals surface area contributed by atoms with Gasteiger partial charge in [-0.15, -0.1) is 0 Å². The predicted molar refractivity (Wildman–Crippen MR) is 121 cm³/mol. The highest BCUT2D eigenvalue weighted by molar-refractivity contribution is 6.35. The van der Waals surface area contributed by atoms with Gasteiger partial charge in [0.15, 0.2) is 23.1 Å². The molecule has 0 N–H and O–H groups in total. The van der Waals surface area contributed by atoms with Gasteiger partial charge >= 0.3 is 0 Å². The van der Waals surface area contributed by atoms with Crippen LogP contribution in [0.1, 0.15) is 125 Å². The molecule has 0 aliphatic heterocycles. The number of carbonyl (C=O) groups excluding carboxylic acids is 4. The maximum atomic E-state index is 12.7. The highest BCUT2D eigenvalue weighted by Gasteiger charge is 2.59. The summed E-state index contributed by atoms with van der Waals surface area (Å²) in [6, 6.07) is 0. The van der Waals surface area contributed by atoms with E-state index < -0.39 is 28.3 Å². The van der Waals surface area contributed by atoms with E-state index in [2.05, 4.69) is 6.92 Å². The second kappa shape index (κ2) is 12.5. The van der Waals surface area contributed by atoms with Crippen molar-refractivity contribution in [1.29, 1.82) is 0 Å². The second-order valence-corrected chi connectivity index (χ2v) is 10.2. The maximum Gasteiger partial charge on any atom is 0.163 e. The molecule has 0 amide bonds. The highest BCUT2D eigenvalue weighted by Crippen LogP contribution is 2.41. The number of Topliss-reactive ketones (excluding diaryl/α,β-unsaturated/α-hetero) is 4. The van der Waals surface area contributed by atoms with Gasteiger partial charge in [-0.1, -0.05) is 84.0 Å². The molecule has 0 aromatic carbocycles. The van der Waals surface area contributed by atoms with E-state index in [0.717, 1.165) is 12.8 Å². The van der Waals surface area contributed by atoms with Gasteiger partial charge in [-0.05, 0) is 34.1 Å². The van der Waals surface area contributed by atoms with E-state index in [1.807, 2.05) is 0 Å². The Bertz CT molecular complexity index is 570. The Morgan fingerprint density at radius 2 is 0.967 bits per heavy atom. The van der Waals surface area contributed by atoms with Gasteiger partial charge in [0.05, 0.1) is 10.8 Å². The third kappa shape index (κ3) is 7.13. The summed E-state index contributed by atoms with van der Waals surface area (Å²) in [6.07, 6.45) is 16.1. The molecule has 1 saturated carbocycles. The molecule has 0 atom stereocenters. The van der Waals surface area contributed by atoms with Crippen LogP contribution >= 0.6 is 0 Å². The second-order valence-electron chi connectivity index (χ2n) is 10.2. The summed E-state index contributed by atoms with van der Waals surface area (Å²) in [4.78, 5) is 50.5. The Morgan fingerprint density at radius 1 is 0.633 bits per heavy atom. The van der Waals surface area contributed by atoms with Gasteiger partial charge in [-0.3, -0.25) is 19.2 Å². The van der Waals surface area contributed by atoms with Crippen molar-refractivity contribution >= 4 is 23.1 Å². The standard InChI is InChI=1S/C26H44O4/c1-6-7-8-9-10-11-12-13-14-15-16-17-18-19-20(27)21-22(28)25(2,3)24(30)26(4,5)23(21)29/h21H,6-19H2,1-5H3. The summed E-state index contributed by atoms with van der Waals surface area (Å²) in [5.74, 6) is -2.98. The lowest BCUT2D eigenvalue weighted by atomic mass is 9.58. The molecule has 0 unspecified atom stereocenters. The Labute approximate surface area is 184 Å². The molecular formula is C26H44O4. The largest absolute Gasteiger partial charge is 0.298 e. The van der Waals surface area contributed by atoms with Crippen LogP contribution < -0.4 is 0 Å². The molecule has 0 heterocycles. The van der Waals surface area contributed by atoms with Gasteiger partial charge in [-0.2, -0.15) is 0 Å². The number of unbranched alkanes of at least 4 members (excludes halogenated alkanes) is 12. The minimum absolute atomic E-state index is 0.250. The first-order valence-corrected chi connectivity index (χ1v) is 12.2. The Hall–Kier alpha value is -1.32. The molecule has 30 heavy (non-hydrogen) atoms. The third-order valence-electron chi connectivity index (χ3n) is 6.74. The van der Waals surface area contributed by atoms with Gasteiger partial charge < -0.3 is 0 Å². The van der Waals surface area contributed by atoms with E-state index in [-0.39, 0.29) is 18.0 Å². The van der Waals surface area contributed by atoms with Crippen molar-refractivity contribution in [3.05, 3.63) is 0 Å². The zero-order valence-electron chi connectivity index (χ0n) is 20.1. The van der Waals surface area contributed by atoms with Crippen molar-refractivity contribution in [3.63, 3.8) is 0 Å². The van der Waals surface area contributed by atoms with E-state index in [1.165, 1.54) is 91.9 Å². The Balaban J connectivity index is 2.23. The highest BCUT2D eigenvalue weighted by atomic mass is 16.2. The molecule has 172 valence electrons. The first-order chi connectivity index (χ1) is 14.1. The van der Waals surface area contributed by atoms with E-state index in [9.17, 15) is 19.2 Å². The van der Waals surface area contributed by atoms with Gasteiger partial charge in [0.2, 0.25) is 0 Å². The number of carbonyl (C=O) groups is 4. The average Bonchev–Trinajstić information content (AvgIpc) is 2.69. The summed E-state index contributed by atoms with van der Waals surface area (Å²) in [5.41, 5.74) is -2.54. The van der Waals surface area contributed by atoms with Crippen LogP contribution in [0.15, 0.2) is 0 Å². The summed E-state index contributed by atoms with van der Waals surface area (Å²) >= 11 is 0. The third-order valence-corrected chi connectivity index (χ3v) is 6.74. The molecule has 0 saturated heterocycles. The van der Waals surface area contributed by atoms with E-state index in [1.54, 1.807) is 0 Å². The van der Waals surface area contributed by atoms with E-state index in [0.29, 0.717) is 6.42 Å². The molecule has 1 rings (SSSR count). The van der Waals surface area contributed by atoms with Crippen LogP contribution in [-0.4, -0.2) is 23.1 Å². The average molecular weight is 421 g/mol. The fraction of sp³-hybridized carbons (Fsp3) is 0.846. The summed E-state index contributed by atoms with van der Waals surface area (Å²) in [7, 11) is 0. The number of rotatable bonds is 15. The van der Waals surface area contributed by atoms with Gasteiger partial charge in [-0.25, -0.2) is 0 Å². The quantitative estimate of drug-likeness (QED) is 0.226. The molecule has 0 aromatic rings. The predicted octanol–water partition coefficient (Wildman–Crippen LogP) is 6.43. The van der Waals surface area contributed by atoms with Crippen molar-refractivity contribution in [2.75, 3.05) is 0 Å². The van der Waals surface area contributed by atoms with Crippen LogP contribution in [0.3, 0.4) is 0 Å². The summed E-state index contributed by atoms with van der Waals surface area (Å²) < 4.78 is 0. The van der Waals surface area contributed by atoms with Crippen LogP contribution in [0.25, 0.3) is 0 Å². The van der Waals surface area contributed by atoms with Crippen molar-refractivity contribution < 1.29 is 19.2 Å². The molecule has 1 fully saturated rings. The molecule has 0 aromatic heterocycles. The zero-order chi connectivity index (χ0) is 22.8. The number of hydrogen-bond acceptors (Lipinski definition) is 4. The van der Waals surface area contributed by atoms with Crippen molar-refractivity contribution in [3.8, 4) is 0 Å². The number of ketones is 4. The SMILES string of the molecule is CCCCCCCCCCCCCCCC(=O)C1C(=O)C(C)(C)C(=O)C(C)(C)C1=O. The minimum atomic E-state index is -1.27. The topological polar surface area (TPSA) is 68.3 Å². The van der Waals surface area contributed by atoms with Gasteiger partial charge in [0.1, 0.15) is 5.92 Å². The Morgan fingerprint density at radius 3 is 1.33 bits per heavy atom. The smallest absolute Gasteiger partial charge is 0.163 e. The van der Waals surface area contributed by atoms with Crippen molar-refractivity contribution in [1.82, 2.24) is 0 Å². The van der Waals surface area contributed by atoms with Crippen molar-refractivity contribution in [2.45, 2.75) is 125 Å². The minimum Gasteiger partial charge on any atom is -0.298 e. The van der Waals surface area contributed by atoms with Crippen LogP contribution in [0.2, 0.25) is 0 Å². The monoisotopic (exact) mass is 420 g/mol. The molecule has 1 aliphatic rings. The van der Waals surface area contributed by atoms with Crippen molar-refractivity contribution in [2.24, 2.45) is 16.7 Å². The normalized spacial score (nSPS) is 18.8. The lowest BCUT2D eigenvalue weighted by molar-refractivity contribution is -0.161. The van der Waals surface area contributed by atoms with Crippen LogP contribution in [0, 0.1) is 16.7 Å². The molecule has 0 spiro atoms. The summed E-state index contributed by atoms with van der Waals surface area (Å²) in [5, 5.41) is 0. The van der Waals surface area contributed by atoms with Crippen LogP contribution in [0.4, 0.5) is 0 Å². The van der Waals surface area contributed by atoms with E-state index >= 15 is 0 Å². The molecule has 4 heteroatoms. The van der Waals surface area contributed by atoms with Gasteiger partial charge in [0.25, 0.3) is 0 Å². The lowest BCUT2D eigenvalue weighted by Gasteiger charge is -2.39. The fourth-order valence-electron chi connectivity index (χ4n) is 4.60. The molecule has 4 nitrogen and oxygen atoms in total. The Kier molecular flexibility index (Phi) is 11.1. The van der Waals surface area contributed by atoms with Crippen LogP contribution in [-0.2, 0) is 19.2 Å². The zero-order valence-corrected chi connectivity index (χ0v) is 20.1. The fourth-order valence-corrected chi connectivity index (χ4v) is 4.60. The molecule has 0 radical (unpaired) electrons. The van der Waals surface area contributed by atoms with E-state index in [4.69, 9.17) is 0 Å². The van der Waals surface area contributed by atoms with Gasteiger partial charge in [0, 0.05) is 6.42 Å². The first kappa shape index (κ1) is 26.7. The maximum absolute atomic E-state index is 12.7. The molecule has 1 aliphatic carbocycles. The molecule has 0 bridgehead atoms. The summed E-state index contributed by atoms with van der Waals surface area (Å²) in [6.45, 7) is 8.40. The molecular weight excluding hydrogens is 376 g/mol. The number of hydrogen-bond donors (Lipinski definition) is 0. The first-order valence-electron chi connectivity index (χ1n) is 12.2.